The first-order chi connectivity index (χ1) is 14.2. The Balaban J connectivity index is 0.00000320. The van der Waals surface area contributed by atoms with E-state index in [0.717, 1.165) is 63.5 Å². The van der Waals surface area contributed by atoms with Crippen LogP contribution in [0.5, 0.6) is 0 Å². The number of nitrogens with zero attached hydrogens (tertiary/aromatic N) is 5. The van der Waals surface area contributed by atoms with Crippen LogP contribution < -0.4 is 15.5 Å². The summed E-state index contributed by atoms with van der Waals surface area (Å²) in [4.78, 5) is 16.5. The third kappa shape index (κ3) is 7.53. The number of hydrogen-bond acceptors (Lipinski definition) is 5. The van der Waals surface area contributed by atoms with Gasteiger partial charge in [0.25, 0.3) is 0 Å². The van der Waals surface area contributed by atoms with Crippen molar-refractivity contribution < 1.29 is 0 Å². The first-order valence-electron chi connectivity index (χ1n) is 11.2. The molecule has 1 aromatic rings. The second-order valence-corrected chi connectivity index (χ2v) is 8.36. The van der Waals surface area contributed by atoms with Crippen LogP contribution in [0, 0.1) is 0 Å². The smallest absolute Gasteiger partial charge is 0.191 e. The van der Waals surface area contributed by atoms with Gasteiger partial charge in [-0.3, -0.25) is 4.99 Å². The molecule has 7 nitrogen and oxygen atoms in total. The molecule has 2 saturated heterocycles. The van der Waals surface area contributed by atoms with Crippen molar-refractivity contribution >= 4 is 35.8 Å². The molecule has 1 unspecified atom stereocenters. The van der Waals surface area contributed by atoms with Crippen molar-refractivity contribution in [2.24, 2.45) is 4.99 Å². The molecule has 1 atom stereocenters. The van der Waals surface area contributed by atoms with Crippen LogP contribution in [0.3, 0.4) is 0 Å². The summed E-state index contributed by atoms with van der Waals surface area (Å²) in [5, 5.41) is 6.94. The van der Waals surface area contributed by atoms with Crippen molar-refractivity contribution in [3.8, 4) is 0 Å². The third-order valence-electron chi connectivity index (χ3n) is 6.20. The minimum absolute atomic E-state index is 0. The van der Waals surface area contributed by atoms with Crippen LogP contribution in [-0.2, 0) is 6.54 Å². The highest BCUT2D eigenvalue weighted by Crippen LogP contribution is 2.18. The van der Waals surface area contributed by atoms with E-state index in [2.05, 4.69) is 55.3 Å². The van der Waals surface area contributed by atoms with Crippen LogP contribution in [0.15, 0.2) is 23.3 Å². The van der Waals surface area contributed by atoms with Crippen molar-refractivity contribution in [1.82, 2.24) is 25.4 Å². The number of anilines is 1. The summed E-state index contributed by atoms with van der Waals surface area (Å²) in [7, 11) is 4.02. The highest BCUT2D eigenvalue weighted by Gasteiger charge is 2.18. The van der Waals surface area contributed by atoms with Gasteiger partial charge in [0.15, 0.2) is 5.96 Å². The number of aliphatic imine (C=N–C) groups is 1. The molecule has 0 aromatic carbocycles. The minimum Gasteiger partial charge on any atom is -0.356 e. The number of halogens is 1. The molecule has 1 aromatic heterocycles. The monoisotopic (exact) mass is 529 g/mol. The Morgan fingerprint density at radius 3 is 2.70 bits per heavy atom. The van der Waals surface area contributed by atoms with E-state index in [1.165, 1.54) is 37.9 Å². The molecule has 0 amide bonds. The lowest BCUT2D eigenvalue weighted by atomic mass is 10.0. The van der Waals surface area contributed by atoms with Crippen LogP contribution in [0.25, 0.3) is 0 Å². The summed E-state index contributed by atoms with van der Waals surface area (Å²) in [6, 6.07) is 4.92. The van der Waals surface area contributed by atoms with Gasteiger partial charge in [-0.2, -0.15) is 0 Å². The van der Waals surface area contributed by atoms with Crippen LogP contribution >= 0.6 is 24.0 Å². The molecular weight excluding hydrogens is 489 g/mol. The highest BCUT2D eigenvalue weighted by molar-refractivity contribution is 14.0. The summed E-state index contributed by atoms with van der Waals surface area (Å²) in [5.74, 6) is 1.97. The topological polar surface area (TPSA) is 59.0 Å². The SMILES string of the molecule is CN=C(NCCCN1CCCCC1C)NCc1cccnc1N1CCN(C)CC1.I. The molecule has 170 valence electrons. The molecule has 3 heterocycles. The summed E-state index contributed by atoms with van der Waals surface area (Å²) < 4.78 is 0. The standard InChI is InChI=1S/C22H39N7.HI/c1-19-8-4-5-12-28(19)13-7-11-25-22(23-2)26-18-20-9-6-10-24-21(20)29-16-14-27(3)15-17-29;/h6,9-10,19H,4-5,7-8,11-18H2,1-3H3,(H2,23,25,26);1H. The van der Waals surface area contributed by atoms with Crippen molar-refractivity contribution in [3.63, 3.8) is 0 Å². The Bertz CT molecular complexity index is 646. The number of aromatic nitrogens is 1. The maximum Gasteiger partial charge on any atom is 0.191 e. The summed E-state index contributed by atoms with van der Waals surface area (Å²) in [5.41, 5.74) is 1.22. The predicted molar refractivity (Wildman–Crippen MR) is 137 cm³/mol. The minimum atomic E-state index is 0. The quantitative estimate of drug-likeness (QED) is 0.245. The van der Waals surface area contributed by atoms with Gasteiger partial charge in [-0.05, 0) is 45.8 Å². The average Bonchev–Trinajstić information content (AvgIpc) is 2.75. The molecular formula is C22H40IN7. The number of piperidine rings is 1. The Labute approximate surface area is 199 Å². The highest BCUT2D eigenvalue weighted by atomic mass is 127. The van der Waals surface area contributed by atoms with Gasteiger partial charge in [0.2, 0.25) is 0 Å². The normalized spacial score (nSPS) is 21.2. The lowest BCUT2D eigenvalue weighted by molar-refractivity contribution is 0.159. The Kier molecular flexibility index (Phi) is 11.2. The number of hydrogen-bond donors (Lipinski definition) is 2. The Morgan fingerprint density at radius 2 is 1.97 bits per heavy atom. The van der Waals surface area contributed by atoms with Crippen molar-refractivity contribution in [1.29, 1.82) is 0 Å². The van der Waals surface area contributed by atoms with Gasteiger partial charge in [-0.25, -0.2) is 4.98 Å². The first kappa shape index (κ1) is 25.1. The van der Waals surface area contributed by atoms with E-state index in [0.29, 0.717) is 0 Å². The number of nitrogens with one attached hydrogen (secondary N) is 2. The Hall–Kier alpha value is -1.13. The third-order valence-corrected chi connectivity index (χ3v) is 6.20. The van der Waals surface area contributed by atoms with Crippen molar-refractivity contribution in [2.45, 2.75) is 45.2 Å². The maximum absolute atomic E-state index is 4.67. The lowest BCUT2D eigenvalue weighted by Gasteiger charge is -2.34. The van der Waals surface area contributed by atoms with Crippen LogP contribution in [0.2, 0.25) is 0 Å². The molecule has 30 heavy (non-hydrogen) atoms. The van der Waals surface area contributed by atoms with E-state index in [1.54, 1.807) is 0 Å². The number of rotatable bonds is 7. The second-order valence-electron chi connectivity index (χ2n) is 8.36. The zero-order valence-electron chi connectivity index (χ0n) is 18.9. The fourth-order valence-corrected chi connectivity index (χ4v) is 4.25. The van der Waals surface area contributed by atoms with E-state index in [4.69, 9.17) is 0 Å². The molecule has 0 bridgehead atoms. The van der Waals surface area contributed by atoms with Crippen LogP contribution in [0.4, 0.5) is 5.82 Å². The Morgan fingerprint density at radius 1 is 1.17 bits per heavy atom. The van der Waals surface area contributed by atoms with E-state index in [-0.39, 0.29) is 24.0 Å². The number of likely N-dealkylation sites (N-methyl/N-ethyl adjacent to an activating group) is 1. The van der Waals surface area contributed by atoms with Gasteiger partial charge in [0.05, 0.1) is 0 Å². The number of piperazine rings is 1. The zero-order chi connectivity index (χ0) is 20.5. The fourth-order valence-electron chi connectivity index (χ4n) is 4.25. The zero-order valence-corrected chi connectivity index (χ0v) is 21.3. The molecule has 8 heteroatoms. The molecule has 0 radical (unpaired) electrons. The molecule has 0 aliphatic carbocycles. The van der Waals surface area contributed by atoms with Crippen molar-refractivity contribution in [3.05, 3.63) is 23.9 Å². The van der Waals surface area contributed by atoms with Gasteiger partial charge in [-0.15, -0.1) is 24.0 Å². The first-order valence-corrected chi connectivity index (χ1v) is 11.2. The lowest BCUT2D eigenvalue weighted by Crippen LogP contribution is -2.45. The van der Waals surface area contributed by atoms with Crippen LogP contribution in [0.1, 0.15) is 38.2 Å². The van der Waals surface area contributed by atoms with Gasteiger partial charge in [0, 0.05) is 70.7 Å². The summed E-state index contributed by atoms with van der Waals surface area (Å²) >= 11 is 0. The summed E-state index contributed by atoms with van der Waals surface area (Å²) in [6.45, 7) is 10.7. The molecule has 3 rings (SSSR count). The van der Waals surface area contributed by atoms with Gasteiger partial charge in [0.1, 0.15) is 5.82 Å². The van der Waals surface area contributed by atoms with Gasteiger partial charge in [-0.1, -0.05) is 12.5 Å². The molecule has 2 N–H and O–H groups in total. The predicted octanol–water partition coefficient (Wildman–Crippen LogP) is 2.38. The number of pyridine rings is 1. The van der Waals surface area contributed by atoms with E-state index < -0.39 is 0 Å². The van der Waals surface area contributed by atoms with Gasteiger partial charge >= 0.3 is 0 Å². The second kappa shape index (κ2) is 13.3. The van der Waals surface area contributed by atoms with E-state index in [9.17, 15) is 0 Å². The fraction of sp³-hybridized carbons (Fsp3) is 0.727. The van der Waals surface area contributed by atoms with Gasteiger partial charge < -0.3 is 25.3 Å². The molecule has 2 fully saturated rings. The summed E-state index contributed by atoms with van der Waals surface area (Å²) in [6.07, 6.45) is 7.12. The number of likely N-dealkylation sites (tertiary alicyclic amines) is 1. The average molecular weight is 530 g/mol. The van der Waals surface area contributed by atoms with E-state index >= 15 is 0 Å². The maximum atomic E-state index is 4.67. The molecule has 2 aliphatic heterocycles. The van der Waals surface area contributed by atoms with E-state index in [1.807, 2.05) is 19.3 Å². The van der Waals surface area contributed by atoms with Crippen LogP contribution in [-0.4, -0.2) is 86.7 Å². The number of guanidine groups is 1. The molecule has 2 aliphatic rings. The molecule has 0 saturated carbocycles. The largest absolute Gasteiger partial charge is 0.356 e. The van der Waals surface area contributed by atoms with Crippen molar-refractivity contribution in [2.75, 3.05) is 64.8 Å². The molecule has 0 spiro atoms.